The number of benzene rings is 2. The van der Waals surface area contributed by atoms with Crippen LogP contribution >= 0.6 is 0 Å². The number of pyridine rings is 1. The lowest BCUT2D eigenvalue weighted by atomic mass is 10.1. The number of amides is 1. The fourth-order valence-electron chi connectivity index (χ4n) is 3.46. The summed E-state index contributed by atoms with van der Waals surface area (Å²) in [7, 11) is 3.74. The molecule has 1 amide bonds. The maximum atomic E-state index is 12.9. The third-order valence-electron chi connectivity index (χ3n) is 4.90. The number of nitrogens with zero attached hydrogens (tertiary/aromatic N) is 3. The molecular formula is C23H24N4O2. The Bertz CT molecular complexity index is 1060. The molecule has 1 aliphatic heterocycles. The highest BCUT2D eigenvalue weighted by Crippen LogP contribution is 2.40. The van der Waals surface area contributed by atoms with E-state index in [9.17, 15) is 4.79 Å². The molecule has 29 heavy (non-hydrogen) atoms. The van der Waals surface area contributed by atoms with E-state index in [4.69, 9.17) is 4.74 Å². The van der Waals surface area contributed by atoms with Gasteiger partial charge in [-0.3, -0.25) is 4.79 Å². The molecule has 0 fully saturated rings. The third-order valence-corrected chi connectivity index (χ3v) is 4.90. The Morgan fingerprint density at radius 1 is 0.931 bits per heavy atom. The zero-order valence-electron chi connectivity index (χ0n) is 17.0. The molecule has 2 aromatic carbocycles. The molecule has 6 nitrogen and oxygen atoms in total. The SMILES string of the molecule is CC(C)Oc1ccccc1Nc1cc2c(cn1)N(C)C(=O)c1ccccc1N2C. The van der Waals surface area contributed by atoms with Gasteiger partial charge in [0.15, 0.2) is 0 Å². The summed E-state index contributed by atoms with van der Waals surface area (Å²) < 4.78 is 5.90. The van der Waals surface area contributed by atoms with Crippen LogP contribution in [0.2, 0.25) is 0 Å². The first-order valence-corrected chi connectivity index (χ1v) is 9.59. The summed E-state index contributed by atoms with van der Waals surface area (Å²) in [6.07, 6.45) is 1.80. The molecule has 3 aromatic rings. The summed E-state index contributed by atoms with van der Waals surface area (Å²) in [5.74, 6) is 1.39. The zero-order chi connectivity index (χ0) is 20.5. The smallest absolute Gasteiger partial charge is 0.260 e. The second-order valence-corrected chi connectivity index (χ2v) is 7.29. The minimum atomic E-state index is -0.0515. The topological polar surface area (TPSA) is 57.7 Å². The van der Waals surface area contributed by atoms with Crippen LogP contribution in [0, 0.1) is 0 Å². The zero-order valence-corrected chi connectivity index (χ0v) is 17.0. The fourth-order valence-corrected chi connectivity index (χ4v) is 3.46. The molecule has 6 heteroatoms. The molecule has 4 rings (SSSR count). The van der Waals surface area contributed by atoms with Crippen molar-refractivity contribution in [2.45, 2.75) is 20.0 Å². The standard InChI is InChI=1S/C23H24N4O2/c1-15(2)29-21-12-8-6-10-17(21)25-22-13-19-20(14-24-22)27(4)23(28)16-9-5-7-11-18(16)26(19)3/h5-15H,1-4H3,(H,24,25). The van der Waals surface area contributed by atoms with Gasteiger partial charge in [-0.25, -0.2) is 4.98 Å². The van der Waals surface area contributed by atoms with Gasteiger partial charge in [-0.2, -0.15) is 0 Å². The van der Waals surface area contributed by atoms with Gasteiger partial charge in [0.05, 0.1) is 40.6 Å². The number of nitrogens with one attached hydrogen (secondary N) is 1. The molecule has 0 radical (unpaired) electrons. The van der Waals surface area contributed by atoms with Gasteiger partial charge in [-0.1, -0.05) is 24.3 Å². The number of aromatic nitrogens is 1. The highest BCUT2D eigenvalue weighted by molar-refractivity contribution is 6.13. The molecule has 0 atom stereocenters. The van der Waals surface area contributed by atoms with E-state index in [0.717, 1.165) is 28.5 Å². The van der Waals surface area contributed by atoms with E-state index < -0.39 is 0 Å². The molecule has 0 aliphatic carbocycles. The first-order chi connectivity index (χ1) is 14.0. The fraction of sp³-hybridized carbons (Fsp3) is 0.217. The number of carbonyl (C=O) groups is 1. The van der Waals surface area contributed by atoms with Crippen LogP contribution in [0.1, 0.15) is 24.2 Å². The second-order valence-electron chi connectivity index (χ2n) is 7.29. The van der Waals surface area contributed by atoms with Crippen LogP contribution in [0.5, 0.6) is 5.75 Å². The molecule has 2 heterocycles. The average molecular weight is 388 g/mol. The molecule has 148 valence electrons. The Kier molecular flexibility index (Phi) is 4.84. The van der Waals surface area contributed by atoms with Gasteiger partial charge in [0.25, 0.3) is 5.91 Å². The average Bonchev–Trinajstić information content (AvgIpc) is 2.79. The van der Waals surface area contributed by atoms with Crippen LogP contribution in [-0.2, 0) is 0 Å². The van der Waals surface area contributed by atoms with Crippen molar-refractivity contribution in [2.75, 3.05) is 29.2 Å². The number of fused-ring (bicyclic) bond motifs is 2. The van der Waals surface area contributed by atoms with Crippen molar-refractivity contribution in [3.63, 3.8) is 0 Å². The van der Waals surface area contributed by atoms with Crippen molar-refractivity contribution in [1.82, 2.24) is 4.98 Å². The van der Waals surface area contributed by atoms with E-state index in [1.807, 2.05) is 80.4 Å². The van der Waals surface area contributed by atoms with E-state index in [1.54, 1.807) is 18.1 Å². The number of carbonyl (C=O) groups excluding carboxylic acids is 1. The summed E-state index contributed by atoms with van der Waals surface area (Å²) in [6, 6.07) is 17.4. The Balaban J connectivity index is 1.74. The van der Waals surface area contributed by atoms with Crippen molar-refractivity contribution in [1.29, 1.82) is 0 Å². The number of para-hydroxylation sites is 3. The van der Waals surface area contributed by atoms with Crippen molar-refractivity contribution < 1.29 is 9.53 Å². The molecule has 0 bridgehead atoms. The number of rotatable bonds is 4. The molecule has 0 saturated heterocycles. The Hall–Kier alpha value is -3.54. The predicted octanol–water partition coefficient (Wildman–Crippen LogP) is 4.97. The summed E-state index contributed by atoms with van der Waals surface area (Å²) >= 11 is 0. The summed E-state index contributed by atoms with van der Waals surface area (Å²) in [6.45, 7) is 3.99. The molecule has 0 spiro atoms. The monoisotopic (exact) mass is 388 g/mol. The predicted molar refractivity (Wildman–Crippen MR) is 117 cm³/mol. The highest BCUT2D eigenvalue weighted by atomic mass is 16.5. The van der Waals surface area contributed by atoms with Crippen LogP contribution in [0.4, 0.5) is 28.6 Å². The van der Waals surface area contributed by atoms with Crippen LogP contribution in [0.15, 0.2) is 60.8 Å². The molecule has 1 N–H and O–H groups in total. The van der Waals surface area contributed by atoms with Gasteiger partial charge in [0.1, 0.15) is 11.6 Å². The van der Waals surface area contributed by atoms with Crippen LogP contribution in [0.25, 0.3) is 0 Å². The second kappa shape index (κ2) is 7.47. The Morgan fingerprint density at radius 3 is 2.45 bits per heavy atom. The minimum absolute atomic E-state index is 0.0515. The third kappa shape index (κ3) is 3.49. The highest BCUT2D eigenvalue weighted by Gasteiger charge is 2.27. The van der Waals surface area contributed by atoms with Crippen molar-refractivity contribution in [3.8, 4) is 5.75 Å². The molecular weight excluding hydrogens is 364 g/mol. The number of ether oxygens (including phenoxy) is 1. The van der Waals surface area contributed by atoms with Crippen molar-refractivity contribution in [3.05, 3.63) is 66.4 Å². The lowest BCUT2D eigenvalue weighted by Gasteiger charge is -2.23. The van der Waals surface area contributed by atoms with Crippen LogP contribution in [0.3, 0.4) is 0 Å². The van der Waals surface area contributed by atoms with E-state index in [-0.39, 0.29) is 12.0 Å². The normalized spacial score (nSPS) is 13.1. The van der Waals surface area contributed by atoms with Crippen LogP contribution in [-0.4, -0.2) is 31.1 Å². The number of hydrogen-bond acceptors (Lipinski definition) is 5. The van der Waals surface area contributed by atoms with Gasteiger partial charge < -0.3 is 19.9 Å². The lowest BCUT2D eigenvalue weighted by molar-refractivity contribution is 0.0994. The Morgan fingerprint density at radius 2 is 1.66 bits per heavy atom. The summed E-state index contributed by atoms with van der Waals surface area (Å²) in [4.78, 5) is 21.1. The molecule has 1 aromatic heterocycles. The van der Waals surface area contributed by atoms with Gasteiger partial charge in [-0.15, -0.1) is 0 Å². The maximum absolute atomic E-state index is 12.9. The lowest BCUT2D eigenvalue weighted by Crippen LogP contribution is -2.25. The van der Waals surface area contributed by atoms with E-state index >= 15 is 0 Å². The number of anilines is 5. The summed E-state index contributed by atoms with van der Waals surface area (Å²) in [5, 5.41) is 3.35. The first kappa shape index (κ1) is 18.8. The maximum Gasteiger partial charge on any atom is 0.260 e. The van der Waals surface area contributed by atoms with E-state index in [0.29, 0.717) is 11.4 Å². The van der Waals surface area contributed by atoms with Gasteiger partial charge >= 0.3 is 0 Å². The van der Waals surface area contributed by atoms with Crippen molar-refractivity contribution >= 4 is 34.5 Å². The summed E-state index contributed by atoms with van der Waals surface area (Å²) in [5.41, 5.74) is 4.02. The Labute approximate surface area is 170 Å². The largest absolute Gasteiger partial charge is 0.489 e. The van der Waals surface area contributed by atoms with Crippen molar-refractivity contribution in [2.24, 2.45) is 0 Å². The van der Waals surface area contributed by atoms with Gasteiger partial charge in [0, 0.05) is 20.2 Å². The molecule has 1 aliphatic rings. The van der Waals surface area contributed by atoms with Crippen LogP contribution < -0.4 is 19.9 Å². The minimum Gasteiger partial charge on any atom is -0.489 e. The van der Waals surface area contributed by atoms with E-state index in [2.05, 4.69) is 10.3 Å². The van der Waals surface area contributed by atoms with Gasteiger partial charge in [0.2, 0.25) is 0 Å². The quantitative estimate of drug-likeness (QED) is 0.684. The van der Waals surface area contributed by atoms with E-state index in [1.165, 1.54) is 0 Å². The van der Waals surface area contributed by atoms with Gasteiger partial charge in [-0.05, 0) is 38.1 Å². The number of hydrogen-bond donors (Lipinski definition) is 1. The molecule has 0 unspecified atom stereocenters. The molecule has 0 saturated carbocycles. The first-order valence-electron chi connectivity index (χ1n) is 9.59.